The summed E-state index contributed by atoms with van der Waals surface area (Å²) in [5, 5.41) is 0. The molecule has 0 saturated carbocycles. The predicted octanol–water partition coefficient (Wildman–Crippen LogP) is 0.458. The summed E-state index contributed by atoms with van der Waals surface area (Å²) in [4.78, 5) is 9.34. The summed E-state index contributed by atoms with van der Waals surface area (Å²) >= 11 is 4.13. The highest BCUT2D eigenvalue weighted by Gasteiger charge is 2.41. The van der Waals surface area contributed by atoms with Gasteiger partial charge in [-0.25, -0.2) is 0 Å². The van der Waals surface area contributed by atoms with Gasteiger partial charge >= 0.3 is 8.80 Å². The van der Waals surface area contributed by atoms with E-state index in [0.29, 0.717) is 0 Å². The van der Waals surface area contributed by atoms with Gasteiger partial charge in [-0.05, 0) is 6.42 Å². The van der Waals surface area contributed by atoms with E-state index < -0.39 is 8.80 Å². The molecule has 0 aliphatic carbocycles. The fraction of sp³-hybridized carbons (Fsp3) is 1.00. The van der Waals surface area contributed by atoms with Crippen LogP contribution in [0.3, 0.4) is 0 Å². The van der Waals surface area contributed by atoms with Crippen molar-refractivity contribution < 1.29 is 13.6 Å². The van der Waals surface area contributed by atoms with Gasteiger partial charge in [0.2, 0.25) is 0 Å². The minimum atomic E-state index is -2.94. The van der Waals surface area contributed by atoms with E-state index in [9.17, 15) is 4.80 Å². The van der Waals surface area contributed by atoms with Crippen LogP contribution in [0.15, 0.2) is 0 Å². The van der Waals surface area contributed by atoms with Gasteiger partial charge in [-0.1, -0.05) is 6.92 Å². The zero-order chi connectivity index (χ0) is 8.20. The molecule has 0 aromatic rings. The zero-order valence-corrected chi connectivity index (χ0v) is 8.39. The normalized spacial score (nSPS) is 15.3. The van der Waals surface area contributed by atoms with Gasteiger partial charge in [-0.2, -0.15) is 12.6 Å². The largest absolute Gasteiger partial charge is 0.511 e. The zero-order valence-electron chi connectivity index (χ0n) is 6.50. The van der Waals surface area contributed by atoms with Gasteiger partial charge in [0, 0.05) is 14.2 Å². The average Bonchev–Trinajstić information content (AvgIpc) is 2.01. The van der Waals surface area contributed by atoms with Crippen LogP contribution in [0.2, 0.25) is 0 Å². The number of hydrogen-bond acceptors (Lipinski definition) is 4. The van der Waals surface area contributed by atoms with Crippen molar-refractivity contribution in [1.82, 2.24) is 0 Å². The summed E-state index contributed by atoms with van der Waals surface area (Å²) in [6.45, 7) is 1.92. The minimum absolute atomic E-state index is 0.178. The van der Waals surface area contributed by atoms with Crippen molar-refractivity contribution in [2.24, 2.45) is 0 Å². The third-order valence-corrected chi connectivity index (χ3v) is 5.16. The molecule has 0 aromatic heterocycles. The van der Waals surface area contributed by atoms with Crippen molar-refractivity contribution in [3.8, 4) is 0 Å². The van der Waals surface area contributed by atoms with E-state index in [0.717, 1.165) is 6.42 Å². The molecule has 3 nitrogen and oxygen atoms in total. The van der Waals surface area contributed by atoms with E-state index in [4.69, 9.17) is 8.85 Å². The molecule has 0 amide bonds. The summed E-state index contributed by atoms with van der Waals surface area (Å²) in [7, 11) is -0.0584. The molecule has 62 valence electrons. The molecule has 0 aliphatic rings. The van der Waals surface area contributed by atoms with E-state index in [-0.39, 0.29) is 4.87 Å². The van der Waals surface area contributed by atoms with Crippen LogP contribution in [0.25, 0.3) is 0 Å². The van der Waals surface area contributed by atoms with Gasteiger partial charge in [0.25, 0.3) is 0 Å². The van der Waals surface area contributed by atoms with E-state index in [1.807, 2.05) is 6.92 Å². The van der Waals surface area contributed by atoms with Crippen molar-refractivity contribution in [1.29, 1.82) is 0 Å². The first-order valence-corrected chi connectivity index (χ1v) is 5.47. The molecule has 1 N–H and O–H groups in total. The van der Waals surface area contributed by atoms with Crippen LogP contribution in [0.1, 0.15) is 13.3 Å². The molecule has 0 heterocycles. The van der Waals surface area contributed by atoms with E-state index in [1.165, 1.54) is 14.2 Å². The quantitative estimate of drug-likeness (QED) is 0.490. The van der Waals surface area contributed by atoms with Gasteiger partial charge in [0.1, 0.15) is 0 Å². The number of rotatable bonds is 4. The third kappa shape index (κ3) is 2.24. The molecule has 10 heavy (non-hydrogen) atoms. The molecule has 1 atom stereocenters. The first kappa shape index (κ1) is 10.4. The fourth-order valence-corrected chi connectivity index (χ4v) is 2.47. The van der Waals surface area contributed by atoms with Crippen LogP contribution < -0.4 is 0 Å². The molecule has 0 radical (unpaired) electrons. The molecule has 5 heteroatoms. The minimum Gasteiger partial charge on any atom is -0.389 e. The summed E-state index contributed by atoms with van der Waals surface area (Å²) in [6, 6.07) is 0. The molecule has 0 rings (SSSR count). The van der Waals surface area contributed by atoms with Crippen molar-refractivity contribution in [3.05, 3.63) is 0 Å². The monoisotopic (exact) mass is 182 g/mol. The maximum atomic E-state index is 9.52. The van der Waals surface area contributed by atoms with Crippen molar-refractivity contribution >= 4 is 21.4 Å². The molecule has 0 saturated heterocycles. The standard InChI is InChI=1S/C5H14O3SSi/c1-4-5(9)10(6,7-2)8-3/h5-6,9H,4H2,1-3H3. The van der Waals surface area contributed by atoms with Gasteiger partial charge in [0.05, 0.1) is 4.87 Å². The fourth-order valence-electron chi connectivity index (χ4n) is 0.613. The lowest BCUT2D eigenvalue weighted by atomic mass is 10.6. The summed E-state index contributed by atoms with van der Waals surface area (Å²) in [5.74, 6) is 0. The lowest BCUT2D eigenvalue weighted by Crippen LogP contribution is -2.49. The Bertz CT molecular complexity index is 96.9. The smallest absolute Gasteiger partial charge is 0.389 e. The highest BCUT2D eigenvalue weighted by Crippen LogP contribution is 2.15. The SMILES string of the molecule is CCC(S)[Si](O)(OC)OC. The van der Waals surface area contributed by atoms with Gasteiger partial charge in [0.15, 0.2) is 0 Å². The molecule has 0 fully saturated rings. The van der Waals surface area contributed by atoms with Crippen molar-refractivity contribution in [3.63, 3.8) is 0 Å². The summed E-state index contributed by atoms with van der Waals surface area (Å²) in [5.41, 5.74) is 0. The van der Waals surface area contributed by atoms with Crippen LogP contribution in [-0.4, -0.2) is 32.7 Å². The van der Waals surface area contributed by atoms with Crippen LogP contribution in [0.5, 0.6) is 0 Å². The second kappa shape index (κ2) is 4.35. The maximum absolute atomic E-state index is 9.52. The highest BCUT2D eigenvalue weighted by atomic mass is 32.1. The van der Waals surface area contributed by atoms with Crippen LogP contribution >= 0.6 is 12.6 Å². The summed E-state index contributed by atoms with van der Waals surface area (Å²) < 4.78 is 9.67. The van der Waals surface area contributed by atoms with Crippen molar-refractivity contribution in [2.45, 2.75) is 18.2 Å². The van der Waals surface area contributed by atoms with Gasteiger partial charge in [-0.3, -0.25) is 0 Å². The molecule has 1 unspecified atom stereocenters. The highest BCUT2D eigenvalue weighted by molar-refractivity contribution is 7.83. The molecule has 0 bridgehead atoms. The molecule has 0 aromatic carbocycles. The Balaban J connectivity index is 4.02. The van der Waals surface area contributed by atoms with E-state index in [2.05, 4.69) is 12.6 Å². The number of thiol groups is 1. The average molecular weight is 182 g/mol. The van der Waals surface area contributed by atoms with Crippen LogP contribution in [0, 0.1) is 0 Å². The first-order chi connectivity index (χ1) is 4.60. The lowest BCUT2D eigenvalue weighted by molar-refractivity contribution is 0.149. The van der Waals surface area contributed by atoms with Crippen molar-refractivity contribution in [2.75, 3.05) is 14.2 Å². The molecule has 0 aliphatic heterocycles. The van der Waals surface area contributed by atoms with Gasteiger partial charge < -0.3 is 13.6 Å². The van der Waals surface area contributed by atoms with E-state index >= 15 is 0 Å². The maximum Gasteiger partial charge on any atom is 0.511 e. The van der Waals surface area contributed by atoms with E-state index in [1.54, 1.807) is 0 Å². The Morgan fingerprint density at radius 3 is 2.00 bits per heavy atom. The van der Waals surface area contributed by atoms with Gasteiger partial charge in [-0.15, -0.1) is 0 Å². The molecular weight excluding hydrogens is 168 g/mol. The lowest BCUT2D eigenvalue weighted by Gasteiger charge is -2.24. The third-order valence-electron chi connectivity index (χ3n) is 1.39. The first-order valence-electron chi connectivity index (χ1n) is 3.11. The Morgan fingerprint density at radius 2 is 1.90 bits per heavy atom. The van der Waals surface area contributed by atoms with Crippen LogP contribution in [0.4, 0.5) is 0 Å². The Hall–Kier alpha value is 0.447. The van der Waals surface area contributed by atoms with Crippen LogP contribution in [-0.2, 0) is 8.85 Å². The Labute approximate surface area is 68.1 Å². The second-order valence-electron chi connectivity index (χ2n) is 1.96. The molecular formula is C5H14O3SSi. The number of hydrogen-bond donors (Lipinski definition) is 2. The second-order valence-corrected chi connectivity index (χ2v) is 5.85. The Morgan fingerprint density at radius 1 is 1.50 bits per heavy atom. The predicted molar refractivity (Wildman–Crippen MR) is 45.1 cm³/mol. The molecule has 0 spiro atoms. The Kier molecular flexibility index (Phi) is 4.55. The summed E-state index contributed by atoms with van der Waals surface area (Å²) in [6.07, 6.45) is 0.744. The topological polar surface area (TPSA) is 38.7 Å².